The maximum atomic E-state index is 13.0. The van der Waals surface area contributed by atoms with Crippen molar-refractivity contribution >= 4 is 17.9 Å². The molecule has 6 nitrogen and oxygen atoms in total. The van der Waals surface area contributed by atoms with Gasteiger partial charge in [-0.15, -0.1) is 0 Å². The van der Waals surface area contributed by atoms with Crippen LogP contribution in [0.5, 0.6) is 0 Å². The maximum Gasteiger partial charge on any atom is 0.306 e. The third-order valence-corrected chi connectivity index (χ3v) is 17.3. The number of hydrogen-bond acceptors (Lipinski definition) is 6. The fraction of sp³-hybridized carbons (Fsp3) is 0.933. The van der Waals surface area contributed by atoms with Gasteiger partial charge in [0.05, 0.1) is 0 Å². The minimum atomic E-state index is -0.770. The molecule has 0 N–H and O–H groups in total. The first-order chi connectivity index (χ1) is 40.0. The summed E-state index contributed by atoms with van der Waals surface area (Å²) in [4.78, 5) is 38.4. The van der Waals surface area contributed by atoms with Crippen molar-refractivity contribution < 1.29 is 28.6 Å². The lowest BCUT2D eigenvalue weighted by molar-refractivity contribution is -0.167. The van der Waals surface area contributed by atoms with E-state index in [1.54, 1.807) is 0 Å². The lowest BCUT2D eigenvalue weighted by atomic mass is 10.0. The van der Waals surface area contributed by atoms with E-state index in [-0.39, 0.29) is 31.1 Å². The smallest absolute Gasteiger partial charge is 0.306 e. The van der Waals surface area contributed by atoms with E-state index in [0.29, 0.717) is 19.3 Å². The molecule has 0 saturated carbocycles. The topological polar surface area (TPSA) is 78.9 Å². The average molecular weight is 1140 g/mol. The summed E-state index contributed by atoms with van der Waals surface area (Å²) >= 11 is 0. The number of allylic oxidation sites excluding steroid dienone is 2. The molecule has 0 heterocycles. The van der Waals surface area contributed by atoms with Crippen molar-refractivity contribution in [1.82, 2.24) is 0 Å². The molecule has 0 aromatic heterocycles. The molecule has 0 bridgehead atoms. The van der Waals surface area contributed by atoms with Crippen molar-refractivity contribution in [3.63, 3.8) is 0 Å². The van der Waals surface area contributed by atoms with Crippen molar-refractivity contribution in [2.45, 2.75) is 438 Å². The van der Waals surface area contributed by atoms with Crippen LogP contribution >= 0.6 is 0 Å². The Hall–Kier alpha value is -1.85. The molecule has 0 amide bonds. The van der Waals surface area contributed by atoms with Gasteiger partial charge in [-0.05, 0) is 38.5 Å². The summed E-state index contributed by atoms with van der Waals surface area (Å²) in [5, 5.41) is 0. The molecule has 1 atom stereocenters. The van der Waals surface area contributed by atoms with Gasteiger partial charge in [0.15, 0.2) is 6.10 Å². The van der Waals surface area contributed by atoms with Crippen LogP contribution < -0.4 is 0 Å². The Morgan fingerprint density at radius 2 is 0.420 bits per heavy atom. The zero-order valence-corrected chi connectivity index (χ0v) is 55.4. The molecule has 1 unspecified atom stereocenters. The van der Waals surface area contributed by atoms with E-state index in [1.165, 1.54) is 327 Å². The van der Waals surface area contributed by atoms with Gasteiger partial charge in [-0.2, -0.15) is 0 Å². The highest BCUT2D eigenvalue weighted by Gasteiger charge is 2.20. The first-order valence-corrected chi connectivity index (χ1v) is 37.2. The predicted octanol–water partition coefficient (Wildman–Crippen LogP) is 25.6. The summed E-state index contributed by atoms with van der Waals surface area (Å²) in [7, 11) is 0. The summed E-state index contributed by atoms with van der Waals surface area (Å²) < 4.78 is 17.0. The molecule has 81 heavy (non-hydrogen) atoms. The lowest BCUT2D eigenvalue weighted by Gasteiger charge is -2.18. The molecule has 0 aromatic rings. The van der Waals surface area contributed by atoms with Crippen LogP contribution in [0.2, 0.25) is 0 Å². The highest BCUT2D eigenvalue weighted by atomic mass is 16.6. The van der Waals surface area contributed by atoms with Crippen LogP contribution in [-0.2, 0) is 28.6 Å². The SMILES string of the molecule is CCCC/C=C\CCCCCCCC(=O)OCC(COC(=O)CCCCCCCCCCCCCCCCCCCCCCCCCCCC)OC(=O)CCCCCCCCCCCCCCCCCCCCCCCCCCCC. The number of rotatable bonds is 70. The van der Waals surface area contributed by atoms with Gasteiger partial charge in [0, 0.05) is 19.3 Å². The van der Waals surface area contributed by atoms with Crippen LogP contribution in [-0.4, -0.2) is 37.2 Å². The molecule has 6 heteroatoms. The number of unbranched alkanes of at least 4 members (excludes halogenated alkanes) is 57. The Balaban J connectivity index is 4.12. The molecule has 0 aliphatic carbocycles. The quantitative estimate of drug-likeness (QED) is 0.0261. The van der Waals surface area contributed by atoms with Gasteiger partial charge in [0.1, 0.15) is 13.2 Å². The van der Waals surface area contributed by atoms with Crippen LogP contribution in [0.4, 0.5) is 0 Å². The van der Waals surface area contributed by atoms with Crippen molar-refractivity contribution in [2.75, 3.05) is 13.2 Å². The molecule has 0 aromatic carbocycles. The fourth-order valence-electron chi connectivity index (χ4n) is 11.7. The minimum Gasteiger partial charge on any atom is -0.462 e. The van der Waals surface area contributed by atoms with E-state index >= 15 is 0 Å². The minimum absolute atomic E-state index is 0.0657. The zero-order chi connectivity index (χ0) is 58.5. The van der Waals surface area contributed by atoms with Crippen LogP contribution in [0.25, 0.3) is 0 Å². The van der Waals surface area contributed by atoms with Crippen LogP contribution in [0.3, 0.4) is 0 Å². The molecular weight excluding hydrogens is 997 g/mol. The van der Waals surface area contributed by atoms with E-state index < -0.39 is 6.10 Å². The van der Waals surface area contributed by atoms with Gasteiger partial charge in [-0.25, -0.2) is 0 Å². The third kappa shape index (κ3) is 68.8. The second kappa shape index (κ2) is 70.6. The third-order valence-electron chi connectivity index (χ3n) is 17.3. The monoisotopic (exact) mass is 1140 g/mol. The van der Waals surface area contributed by atoms with Gasteiger partial charge < -0.3 is 14.2 Å². The highest BCUT2D eigenvalue weighted by Crippen LogP contribution is 2.20. The maximum absolute atomic E-state index is 13.0. The summed E-state index contributed by atoms with van der Waals surface area (Å²) in [6.45, 7) is 6.69. The molecular formula is C75H144O6. The second-order valence-electron chi connectivity index (χ2n) is 25.6. The van der Waals surface area contributed by atoms with Gasteiger partial charge in [-0.1, -0.05) is 386 Å². The van der Waals surface area contributed by atoms with E-state index in [0.717, 1.165) is 64.2 Å². The normalized spacial score (nSPS) is 12.0. The van der Waals surface area contributed by atoms with Crippen molar-refractivity contribution in [3.8, 4) is 0 Å². The number of esters is 3. The van der Waals surface area contributed by atoms with Gasteiger partial charge in [0.25, 0.3) is 0 Å². The Bertz CT molecular complexity index is 1260. The first kappa shape index (κ1) is 79.2. The lowest BCUT2D eigenvalue weighted by Crippen LogP contribution is -2.30. The molecule has 0 aliphatic heterocycles. The highest BCUT2D eigenvalue weighted by molar-refractivity contribution is 5.71. The number of hydrogen-bond donors (Lipinski definition) is 0. The van der Waals surface area contributed by atoms with E-state index in [4.69, 9.17) is 14.2 Å². The summed E-state index contributed by atoms with van der Waals surface area (Å²) in [5.41, 5.74) is 0. The Morgan fingerprint density at radius 1 is 0.235 bits per heavy atom. The molecule has 0 saturated heterocycles. The fourth-order valence-corrected chi connectivity index (χ4v) is 11.7. The van der Waals surface area contributed by atoms with E-state index in [2.05, 4.69) is 32.9 Å². The van der Waals surface area contributed by atoms with Gasteiger partial charge >= 0.3 is 17.9 Å². The largest absolute Gasteiger partial charge is 0.462 e. The molecule has 0 rings (SSSR count). The van der Waals surface area contributed by atoms with E-state index in [9.17, 15) is 14.4 Å². The van der Waals surface area contributed by atoms with Gasteiger partial charge in [-0.3, -0.25) is 14.4 Å². The molecule has 480 valence electrons. The summed E-state index contributed by atoms with van der Waals surface area (Å²) in [6, 6.07) is 0. The van der Waals surface area contributed by atoms with Crippen molar-refractivity contribution in [1.29, 1.82) is 0 Å². The second-order valence-corrected chi connectivity index (χ2v) is 25.6. The average Bonchev–Trinajstić information content (AvgIpc) is 3.47. The van der Waals surface area contributed by atoms with Crippen LogP contribution in [0, 0.1) is 0 Å². The first-order valence-electron chi connectivity index (χ1n) is 37.2. The zero-order valence-electron chi connectivity index (χ0n) is 55.4. The van der Waals surface area contributed by atoms with Crippen molar-refractivity contribution in [2.24, 2.45) is 0 Å². The molecule has 0 radical (unpaired) electrons. The standard InChI is InChI=1S/C75H144O6/c1-4-7-10-13-16-19-22-24-26-28-30-32-34-36-38-40-42-44-46-48-50-53-56-59-62-65-68-74(77)80-71-72(70-79-73(76)67-64-61-58-55-52-21-18-15-12-9-6-3)81-75(78)69-66-63-60-57-54-51-49-47-45-43-41-39-37-35-33-31-29-27-25-23-20-17-14-11-8-5-2/h15,18,72H,4-14,16-17,19-71H2,1-3H3/b18-15-. The van der Waals surface area contributed by atoms with Crippen LogP contribution in [0.15, 0.2) is 12.2 Å². The molecule has 0 fully saturated rings. The summed E-state index contributed by atoms with van der Waals surface area (Å²) in [6.07, 6.45) is 85.6. The summed E-state index contributed by atoms with van der Waals surface area (Å²) in [5.74, 6) is -0.840. The number of carbonyl (C=O) groups is 3. The van der Waals surface area contributed by atoms with Gasteiger partial charge in [0.2, 0.25) is 0 Å². The Morgan fingerprint density at radius 3 is 0.654 bits per heavy atom. The molecule has 0 aliphatic rings. The Labute approximate surface area is 507 Å². The van der Waals surface area contributed by atoms with Crippen LogP contribution in [0.1, 0.15) is 432 Å². The van der Waals surface area contributed by atoms with E-state index in [1.807, 2.05) is 0 Å². The number of carbonyl (C=O) groups excluding carboxylic acids is 3. The molecule has 0 spiro atoms. The Kier molecular flexibility index (Phi) is 69.0. The predicted molar refractivity (Wildman–Crippen MR) is 353 cm³/mol. The van der Waals surface area contributed by atoms with Crippen molar-refractivity contribution in [3.05, 3.63) is 12.2 Å². The number of ether oxygens (including phenoxy) is 3.